The summed E-state index contributed by atoms with van der Waals surface area (Å²) in [6.07, 6.45) is 5.17. The molecule has 0 unspecified atom stereocenters. The highest BCUT2D eigenvalue weighted by molar-refractivity contribution is 7.12. The van der Waals surface area contributed by atoms with Crippen molar-refractivity contribution >= 4 is 17.3 Å². The molecule has 0 N–H and O–H groups in total. The normalized spacial score (nSPS) is 16.0. The molecule has 8 heteroatoms. The van der Waals surface area contributed by atoms with Crippen LogP contribution in [0.1, 0.15) is 32.1 Å². The molecule has 2 heterocycles. The molecule has 2 aromatic rings. The summed E-state index contributed by atoms with van der Waals surface area (Å²) in [4.78, 5) is 24.0. The SMILES string of the molecule is O=C(Cn1nnn(-c2cccs2)c1=O)OC1CCCCC1. The van der Waals surface area contributed by atoms with Crippen molar-refractivity contribution in [3.05, 3.63) is 28.0 Å². The van der Waals surface area contributed by atoms with E-state index in [1.54, 1.807) is 6.07 Å². The van der Waals surface area contributed by atoms with Gasteiger partial charge in [-0.05, 0) is 53.6 Å². The number of ether oxygens (including phenoxy) is 1. The van der Waals surface area contributed by atoms with Crippen molar-refractivity contribution in [1.29, 1.82) is 0 Å². The second kappa shape index (κ2) is 6.21. The standard InChI is InChI=1S/C13H16N4O3S/c18-12(20-10-5-2-1-3-6-10)9-16-13(19)17(15-14-16)11-7-4-8-21-11/h4,7-8,10H,1-3,5-6,9H2. The lowest BCUT2D eigenvalue weighted by Crippen LogP contribution is -2.30. The first-order chi connectivity index (χ1) is 10.2. The fourth-order valence-corrected chi connectivity index (χ4v) is 3.10. The molecule has 0 spiro atoms. The van der Waals surface area contributed by atoms with Gasteiger partial charge in [0, 0.05) is 0 Å². The summed E-state index contributed by atoms with van der Waals surface area (Å²) in [5, 5.41) is 10.0. The van der Waals surface area contributed by atoms with E-state index in [-0.39, 0.29) is 12.6 Å². The lowest BCUT2D eigenvalue weighted by atomic mass is 9.98. The third kappa shape index (κ3) is 3.21. The second-order valence-corrected chi connectivity index (χ2v) is 5.96. The smallest absolute Gasteiger partial charge is 0.369 e. The van der Waals surface area contributed by atoms with Gasteiger partial charge >= 0.3 is 11.7 Å². The van der Waals surface area contributed by atoms with Gasteiger partial charge in [-0.2, -0.15) is 9.36 Å². The fraction of sp³-hybridized carbons (Fsp3) is 0.538. The van der Waals surface area contributed by atoms with E-state index >= 15 is 0 Å². The van der Waals surface area contributed by atoms with Crippen LogP contribution in [0.5, 0.6) is 0 Å². The number of carbonyl (C=O) groups excluding carboxylic acids is 1. The molecule has 1 fully saturated rings. The molecule has 112 valence electrons. The predicted molar refractivity (Wildman–Crippen MR) is 76.5 cm³/mol. The van der Waals surface area contributed by atoms with Gasteiger partial charge in [-0.15, -0.1) is 11.3 Å². The molecule has 1 saturated carbocycles. The van der Waals surface area contributed by atoms with Crippen LogP contribution in [0.2, 0.25) is 0 Å². The van der Waals surface area contributed by atoms with E-state index in [4.69, 9.17) is 4.74 Å². The molecule has 0 amide bonds. The Bertz CT molecular complexity index is 655. The third-order valence-electron chi connectivity index (χ3n) is 3.48. The minimum absolute atomic E-state index is 0.0192. The Balaban J connectivity index is 1.65. The van der Waals surface area contributed by atoms with Gasteiger partial charge in [0.05, 0.1) is 0 Å². The molecule has 0 radical (unpaired) electrons. The highest BCUT2D eigenvalue weighted by atomic mass is 32.1. The van der Waals surface area contributed by atoms with Crippen molar-refractivity contribution < 1.29 is 9.53 Å². The number of esters is 1. The van der Waals surface area contributed by atoms with Crippen LogP contribution in [0, 0.1) is 0 Å². The maximum absolute atomic E-state index is 12.1. The number of carbonyl (C=O) groups is 1. The molecule has 1 aliphatic carbocycles. The van der Waals surface area contributed by atoms with Gasteiger partial charge in [-0.3, -0.25) is 4.79 Å². The summed E-state index contributed by atoms with van der Waals surface area (Å²) in [6, 6.07) is 3.59. The molecule has 0 aliphatic heterocycles. The van der Waals surface area contributed by atoms with Crippen LogP contribution in [0.3, 0.4) is 0 Å². The van der Waals surface area contributed by atoms with Crippen molar-refractivity contribution in [2.24, 2.45) is 0 Å². The molecule has 1 aliphatic rings. The van der Waals surface area contributed by atoms with Crippen LogP contribution >= 0.6 is 11.3 Å². The monoisotopic (exact) mass is 308 g/mol. The van der Waals surface area contributed by atoms with Crippen molar-refractivity contribution in [3.8, 4) is 5.00 Å². The summed E-state index contributed by atoms with van der Waals surface area (Å²) in [5.74, 6) is -0.428. The third-order valence-corrected chi connectivity index (χ3v) is 4.33. The maximum atomic E-state index is 12.1. The highest BCUT2D eigenvalue weighted by Gasteiger charge is 2.19. The molecule has 2 aromatic heterocycles. The molecular weight excluding hydrogens is 292 g/mol. The number of hydrogen-bond donors (Lipinski definition) is 0. The van der Waals surface area contributed by atoms with Gasteiger partial charge in [-0.1, -0.05) is 6.42 Å². The topological polar surface area (TPSA) is 79.0 Å². The number of rotatable bonds is 4. The number of tetrazole rings is 1. The van der Waals surface area contributed by atoms with Crippen LogP contribution < -0.4 is 5.69 Å². The van der Waals surface area contributed by atoms with E-state index in [0.717, 1.165) is 30.4 Å². The van der Waals surface area contributed by atoms with Gasteiger partial charge in [-0.25, -0.2) is 4.79 Å². The summed E-state index contributed by atoms with van der Waals surface area (Å²) in [5.41, 5.74) is -0.432. The van der Waals surface area contributed by atoms with Gasteiger partial charge in [0.15, 0.2) is 0 Å². The van der Waals surface area contributed by atoms with E-state index in [1.807, 2.05) is 11.4 Å². The van der Waals surface area contributed by atoms with Crippen molar-refractivity contribution in [1.82, 2.24) is 19.8 Å². The quantitative estimate of drug-likeness (QED) is 0.797. The molecule has 0 aromatic carbocycles. The van der Waals surface area contributed by atoms with Crippen LogP contribution in [0.25, 0.3) is 5.00 Å². The Morgan fingerprint density at radius 1 is 1.33 bits per heavy atom. The first kappa shape index (κ1) is 14.0. The predicted octanol–water partition coefficient (Wildman–Crippen LogP) is 1.37. The zero-order valence-electron chi connectivity index (χ0n) is 11.5. The van der Waals surface area contributed by atoms with Crippen molar-refractivity contribution in [2.45, 2.75) is 44.8 Å². The highest BCUT2D eigenvalue weighted by Crippen LogP contribution is 2.20. The summed E-state index contributed by atoms with van der Waals surface area (Å²) >= 11 is 1.38. The van der Waals surface area contributed by atoms with E-state index in [0.29, 0.717) is 5.00 Å². The zero-order valence-corrected chi connectivity index (χ0v) is 12.3. The van der Waals surface area contributed by atoms with Crippen molar-refractivity contribution in [2.75, 3.05) is 0 Å². The Hall–Kier alpha value is -1.96. The fourth-order valence-electron chi connectivity index (χ4n) is 2.43. The number of aromatic nitrogens is 4. The molecular formula is C13H16N4O3S. The number of hydrogen-bond acceptors (Lipinski definition) is 6. The van der Waals surface area contributed by atoms with Crippen LogP contribution in [-0.2, 0) is 16.1 Å². The molecule has 21 heavy (non-hydrogen) atoms. The number of nitrogens with zero attached hydrogens (tertiary/aromatic N) is 4. The summed E-state index contributed by atoms with van der Waals surface area (Å²) in [6.45, 7) is -0.194. The summed E-state index contributed by atoms with van der Waals surface area (Å²) < 4.78 is 7.59. The zero-order chi connectivity index (χ0) is 14.7. The average molecular weight is 308 g/mol. The minimum atomic E-state index is -0.432. The van der Waals surface area contributed by atoms with Gasteiger partial charge < -0.3 is 4.74 Å². The molecule has 0 saturated heterocycles. The Labute approximate surface area is 125 Å². The Morgan fingerprint density at radius 2 is 2.14 bits per heavy atom. The van der Waals surface area contributed by atoms with E-state index in [9.17, 15) is 9.59 Å². The molecule has 0 bridgehead atoms. The van der Waals surface area contributed by atoms with E-state index in [2.05, 4.69) is 10.4 Å². The first-order valence-corrected chi connectivity index (χ1v) is 7.88. The molecule has 0 atom stereocenters. The first-order valence-electron chi connectivity index (χ1n) is 7.00. The van der Waals surface area contributed by atoms with Crippen LogP contribution in [-0.4, -0.2) is 31.9 Å². The minimum Gasteiger partial charge on any atom is -0.461 e. The summed E-state index contributed by atoms with van der Waals surface area (Å²) in [7, 11) is 0. The lowest BCUT2D eigenvalue weighted by Gasteiger charge is -2.21. The van der Waals surface area contributed by atoms with Crippen LogP contribution in [0.15, 0.2) is 22.3 Å². The molecule has 7 nitrogen and oxygen atoms in total. The Kier molecular flexibility index (Phi) is 4.14. The Morgan fingerprint density at radius 3 is 2.86 bits per heavy atom. The van der Waals surface area contributed by atoms with Gasteiger partial charge in [0.2, 0.25) is 0 Å². The average Bonchev–Trinajstić information content (AvgIpc) is 3.11. The van der Waals surface area contributed by atoms with E-state index in [1.165, 1.54) is 22.4 Å². The van der Waals surface area contributed by atoms with Crippen LogP contribution in [0.4, 0.5) is 0 Å². The number of thiophene rings is 1. The van der Waals surface area contributed by atoms with Gasteiger partial charge in [0.1, 0.15) is 17.6 Å². The largest absolute Gasteiger partial charge is 0.461 e. The van der Waals surface area contributed by atoms with Crippen molar-refractivity contribution in [3.63, 3.8) is 0 Å². The van der Waals surface area contributed by atoms with Gasteiger partial charge in [0.25, 0.3) is 0 Å². The second-order valence-electron chi connectivity index (χ2n) is 5.03. The maximum Gasteiger partial charge on any atom is 0.369 e. The lowest BCUT2D eigenvalue weighted by molar-refractivity contribution is -0.151. The van der Waals surface area contributed by atoms with E-state index < -0.39 is 11.7 Å². The molecule has 3 rings (SSSR count).